The summed E-state index contributed by atoms with van der Waals surface area (Å²) in [4.78, 5) is 29.3. The van der Waals surface area contributed by atoms with Crippen LogP contribution in [0.1, 0.15) is 29.2 Å². The van der Waals surface area contributed by atoms with E-state index in [2.05, 4.69) is 0 Å². The first-order chi connectivity index (χ1) is 14.7. The molecule has 7 heteroatoms. The molecule has 2 aromatic carbocycles. The summed E-state index contributed by atoms with van der Waals surface area (Å²) in [5.41, 5.74) is 1.77. The normalized spacial score (nSPS) is 18.1. The van der Waals surface area contributed by atoms with Gasteiger partial charge in [-0.15, -0.1) is 0 Å². The minimum absolute atomic E-state index is 0.00558. The van der Waals surface area contributed by atoms with Gasteiger partial charge in [-0.1, -0.05) is 12.1 Å². The van der Waals surface area contributed by atoms with E-state index in [0.29, 0.717) is 29.8 Å². The number of hydrogen-bond acceptors (Lipinski definition) is 5. The van der Waals surface area contributed by atoms with Crippen LogP contribution < -0.4 is 4.74 Å². The molecule has 0 aliphatic carbocycles. The third-order valence-corrected chi connectivity index (χ3v) is 5.40. The number of hydrogen-bond donors (Lipinski definition) is 1. The van der Waals surface area contributed by atoms with E-state index in [0.717, 1.165) is 12.1 Å². The topological polar surface area (TPSA) is 70.1 Å². The number of halogens is 1. The number of aliphatic hydroxyl groups is 1. The van der Waals surface area contributed by atoms with Crippen molar-refractivity contribution in [1.29, 1.82) is 0 Å². The zero-order valence-corrected chi connectivity index (χ0v) is 18.2. The van der Waals surface area contributed by atoms with E-state index < -0.39 is 23.5 Å². The molecule has 1 amide bonds. The number of carbonyl (C=O) groups excluding carboxylic acids is 2. The van der Waals surface area contributed by atoms with Crippen molar-refractivity contribution in [3.63, 3.8) is 0 Å². The smallest absolute Gasteiger partial charge is 0.295 e. The lowest BCUT2D eigenvalue weighted by Crippen LogP contribution is -2.32. The number of aliphatic hydroxyl groups excluding tert-OH is 1. The van der Waals surface area contributed by atoms with Crippen molar-refractivity contribution in [1.82, 2.24) is 9.80 Å². The largest absolute Gasteiger partial charge is 0.507 e. The first kappa shape index (κ1) is 22.5. The van der Waals surface area contributed by atoms with Gasteiger partial charge in [-0.05, 0) is 75.4 Å². The number of benzene rings is 2. The minimum atomic E-state index is -0.787. The van der Waals surface area contributed by atoms with Crippen molar-refractivity contribution in [3.05, 3.63) is 70.5 Å². The molecule has 1 aliphatic heterocycles. The van der Waals surface area contributed by atoms with Crippen LogP contribution in [0.2, 0.25) is 0 Å². The van der Waals surface area contributed by atoms with E-state index in [9.17, 15) is 19.1 Å². The summed E-state index contributed by atoms with van der Waals surface area (Å²) in [6.45, 7) is 2.90. The Morgan fingerprint density at radius 3 is 2.42 bits per heavy atom. The SMILES string of the molecule is COc1ccc(/C(O)=C2/C(=O)C(=O)N(CCCN(C)C)C2c2ccc(F)cc2)cc1C. The van der Waals surface area contributed by atoms with Gasteiger partial charge in [0.15, 0.2) is 0 Å². The highest BCUT2D eigenvalue weighted by molar-refractivity contribution is 6.46. The number of amides is 1. The molecule has 0 radical (unpaired) electrons. The molecule has 1 fully saturated rings. The third-order valence-electron chi connectivity index (χ3n) is 5.40. The Morgan fingerprint density at radius 1 is 1.16 bits per heavy atom. The number of ether oxygens (including phenoxy) is 1. The molecule has 1 atom stereocenters. The first-order valence-electron chi connectivity index (χ1n) is 10.1. The van der Waals surface area contributed by atoms with Crippen LogP contribution in [0.15, 0.2) is 48.0 Å². The molecule has 3 rings (SSSR count). The highest BCUT2D eigenvalue weighted by Crippen LogP contribution is 2.40. The predicted molar refractivity (Wildman–Crippen MR) is 116 cm³/mol. The van der Waals surface area contributed by atoms with Crippen molar-refractivity contribution in [2.45, 2.75) is 19.4 Å². The number of Topliss-reactive ketones (excluding diaryl/α,β-unsaturated/α-hetero) is 1. The second-order valence-corrected chi connectivity index (χ2v) is 7.89. The molecule has 1 unspecified atom stereocenters. The van der Waals surface area contributed by atoms with E-state index in [-0.39, 0.29) is 11.3 Å². The second kappa shape index (κ2) is 9.31. The van der Waals surface area contributed by atoms with Gasteiger partial charge in [-0.2, -0.15) is 0 Å². The van der Waals surface area contributed by atoms with E-state index in [1.54, 1.807) is 25.3 Å². The lowest BCUT2D eigenvalue weighted by Gasteiger charge is -2.26. The molecule has 1 saturated heterocycles. The number of likely N-dealkylation sites (tertiary alicyclic amines) is 1. The first-order valence-corrected chi connectivity index (χ1v) is 10.1. The highest BCUT2D eigenvalue weighted by atomic mass is 19.1. The molecular weight excluding hydrogens is 399 g/mol. The van der Waals surface area contributed by atoms with Crippen LogP contribution in [0.5, 0.6) is 5.75 Å². The van der Waals surface area contributed by atoms with Gasteiger partial charge in [0.2, 0.25) is 0 Å². The Kier molecular flexibility index (Phi) is 6.75. The van der Waals surface area contributed by atoms with Crippen LogP contribution in [0.25, 0.3) is 5.76 Å². The van der Waals surface area contributed by atoms with Crippen molar-refractivity contribution >= 4 is 17.4 Å². The molecule has 164 valence electrons. The summed E-state index contributed by atoms with van der Waals surface area (Å²) in [7, 11) is 5.41. The molecular formula is C24H27FN2O4. The predicted octanol–water partition coefficient (Wildman–Crippen LogP) is 3.52. The minimum Gasteiger partial charge on any atom is -0.507 e. The quantitative estimate of drug-likeness (QED) is 0.417. The van der Waals surface area contributed by atoms with Gasteiger partial charge >= 0.3 is 0 Å². The molecule has 1 heterocycles. The molecule has 2 aromatic rings. The monoisotopic (exact) mass is 426 g/mol. The zero-order chi connectivity index (χ0) is 22.7. The summed E-state index contributed by atoms with van der Waals surface area (Å²) in [6, 6.07) is 9.90. The lowest BCUT2D eigenvalue weighted by molar-refractivity contribution is -0.139. The third kappa shape index (κ3) is 4.61. The maximum absolute atomic E-state index is 13.5. The van der Waals surface area contributed by atoms with Crippen molar-refractivity contribution < 1.29 is 23.8 Å². The van der Waals surface area contributed by atoms with Gasteiger partial charge in [-0.3, -0.25) is 9.59 Å². The van der Waals surface area contributed by atoms with Gasteiger partial charge in [0.1, 0.15) is 17.3 Å². The second-order valence-electron chi connectivity index (χ2n) is 7.89. The van der Waals surface area contributed by atoms with Crippen LogP contribution in [0.4, 0.5) is 4.39 Å². The Morgan fingerprint density at radius 2 is 1.84 bits per heavy atom. The Bertz CT molecular complexity index is 1010. The number of methoxy groups -OCH3 is 1. The summed E-state index contributed by atoms with van der Waals surface area (Å²) in [5, 5.41) is 11.1. The van der Waals surface area contributed by atoms with Crippen molar-refractivity contribution in [2.24, 2.45) is 0 Å². The summed E-state index contributed by atoms with van der Waals surface area (Å²) < 4.78 is 18.8. The molecule has 6 nitrogen and oxygen atoms in total. The average molecular weight is 426 g/mol. The molecule has 31 heavy (non-hydrogen) atoms. The molecule has 1 aliphatic rings. The number of ketones is 1. The van der Waals surface area contributed by atoms with E-state index in [1.165, 1.54) is 29.2 Å². The number of carbonyl (C=O) groups is 2. The van der Waals surface area contributed by atoms with E-state index in [1.807, 2.05) is 25.9 Å². The standard InChI is InChI=1S/C24H27FN2O4/c1-15-14-17(8-11-19(15)31-4)22(28)20-21(16-6-9-18(25)10-7-16)27(24(30)23(20)29)13-5-12-26(2)3/h6-11,14,21,28H,5,12-13H2,1-4H3/b22-20-. The van der Waals surface area contributed by atoms with Crippen LogP contribution >= 0.6 is 0 Å². The average Bonchev–Trinajstić information content (AvgIpc) is 2.98. The van der Waals surface area contributed by atoms with Gasteiger partial charge in [0.05, 0.1) is 18.7 Å². The van der Waals surface area contributed by atoms with Gasteiger partial charge in [-0.25, -0.2) is 4.39 Å². The van der Waals surface area contributed by atoms with Gasteiger partial charge in [0, 0.05) is 12.1 Å². The molecule has 0 aromatic heterocycles. The Labute approximate surface area is 181 Å². The Balaban J connectivity index is 2.10. The fourth-order valence-corrected chi connectivity index (χ4v) is 3.84. The van der Waals surface area contributed by atoms with E-state index >= 15 is 0 Å². The van der Waals surface area contributed by atoms with Gasteiger partial charge in [0.25, 0.3) is 11.7 Å². The summed E-state index contributed by atoms with van der Waals surface area (Å²) in [6.07, 6.45) is 0.652. The highest BCUT2D eigenvalue weighted by Gasteiger charge is 2.45. The van der Waals surface area contributed by atoms with E-state index in [4.69, 9.17) is 4.74 Å². The maximum Gasteiger partial charge on any atom is 0.295 e. The molecule has 0 spiro atoms. The van der Waals surface area contributed by atoms with Gasteiger partial charge < -0.3 is 19.6 Å². The molecule has 0 bridgehead atoms. The van der Waals surface area contributed by atoms with Crippen molar-refractivity contribution in [2.75, 3.05) is 34.3 Å². The van der Waals surface area contributed by atoms with Crippen LogP contribution in [0.3, 0.4) is 0 Å². The van der Waals surface area contributed by atoms with Crippen molar-refractivity contribution in [3.8, 4) is 5.75 Å². The van der Waals surface area contributed by atoms with Crippen LogP contribution in [-0.4, -0.2) is 60.9 Å². The van der Waals surface area contributed by atoms with Crippen LogP contribution in [0, 0.1) is 12.7 Å². The summed E-state index contributed by atoms with van der Waals surface area (Å²) >= 11 is 0. The number of aryl methyl sites for hydroxylation is 1. The molecule has 1 N–H and O–H groups in total. The number of rotatable bonds is 7. The fourth-order valence-electron chi connectivity index (χ4n) is 3.84. The number of nitrogens with zero attached hydrogens (tertiary/aromatic N) is 2. The fraction of sp³-hybridized carbons (Fsp3) is 0.333. The van der Waals surface area contributed by atoms with Crippen LogP contribution in [-0.2, 0) is 9.59 Å². The lowest BCUT2D eigenvalue weighted by atomic mass is 9.94. The zero-order valence-electron chi connectivity index (χ0n) is 18.2. The maximum atomic E-state index is 13.5. The Hall–Kier alpha value is -3.19. The summed E-state index contributed by atoms with van der Waals surface area (Å²) in [5.74, 6) is -1.44. The molecule has 0 saturated carbocycles.